The predicted molar refractivity (Wildman–Crippen MR) is 117 cm³/mol. The number of carbonyl (C=O) groups excluding carboxylic acids is 1. The van der Waals surface area contributed by atoms with Gasteiger partial charge in [0, 0.05) is 41.5 Å². The van der Waals surface area contributed by atoms with Crippen LogP contribution in [-0.4, -0.2) is 32.1 Å². The maximum absolute atomic E-state index is 12.5. The number of hydrogen-bond acceptors (Lipinski definition) is 7. The smallest absolute Gasteiger partial charge is 0.284 e. The Balaban J connectivity index is 1.65. The first kappa shape index (κ1) is 22.0. The van der Waals surface area contributed by atoms with Gasteiger partial charge < -0.3 is 5.32 Å². The predicted octanol–water partition coefficient (Wildman–Crippen LogP) is 4.39. The van der Waals surface area contributed by atoms with Gasteiger partial charge in [-0.05, 0) is 44.9 Å². The van der Waals surface area contributed by atoms with E-state index < -0.39 is 4.92 Å². The summed E-state index contributed by atoms with van der Waals surface area (Å²) in [5, 5.41) is 20.7. The molecule has 0 saturated heterocycles. The van der Waals surface area contributed by atoms with E-state index in [1.807, 2.05) is 43.8 Å². The number of aryl methyl sites for hydroxylation is 3. The van der Waals surface area contributed by atoms with Gasteiger partial charge in [0.2, 0.25) is 0 Å². The second kappa shape index (κ2) is 9.40. The van der Waals surface area contributed by atoms with E-state index in [2.05, 4.69) is 15.4 Å². The van der Waals surface area contributed by atoms with Gasteiger partial charge >= 0.3 is 0 Å². The van der Waals surface area contributed by atoms with Gasteiger partial charge in [-0.1, -0.05) is 18.7 Å². The molecular formula is C20H23N5O3S2. The number of thiazole rings is 1. The van der Waals surface area contributed by atoms with Crippen molar-refractivity contribution in [1.82, 2.24) is 20.1 Å². The summed E-state index contributed by atoms with van der Waals surface area (Å²) in [6, 6.07) is 6.55. The number of amides is 1. The summed E-state index contributed by atoms with van der Waals surface area (Å²) in [6.45, 7) is 8.97. The third-order valence-corrected chi connectivity index (χ3v) is 6.53. The van der Waals surface area contributed by atoms with Crippen molar-refractivity contribution in [2.75, 3.05) is 6.54 Å². The lowest BCUT2D eigenvalue weighted by Gasteiger charge is -2.14. The SMILES string of the molecule is Cc1csc(Sc2ccc(C(=O)NCC(C)Cn3nc(C)cc3C)cc2[N+](=O)[O-])n1. The number of nitro groups is 1. The minimum Gasteiger partial charge on any atom is -0.352 e. The van der Waals surface area contributed by atoms with Gasteiger partial charge in [0.15, 0.2) is 4.34 Å². The minimum absolute atomic E-state index is 0.101. The number of nitrogens with one attached hydrogen (secondary N) is 1. The molecule has 0 saturated carbocycles. The van der Waals surface area contributed by atoms with Crippen LogP contribution in [0, 0.1) is 36.8 Å². The normalized spacial score (nSPS) is 12.0. The molecule has 0 fully saturated rings. The van der Waals surface area contributed by atoms with E-state index in [4.69, 9.17) is 0 Å². The molecule has 3 rings (SSSR count). The van der Waals surface area contributed by atoms with Crippen molar-refractivity contribution >= 4 is 34.7 Å². The van der Waals surface area contributed by atoms with Crippen molar-refractivity contribution in [3.63, 3.8) is 0 Å². The van der Waals surface area contributed by atoms with Crippen molar-refractivity contribution in [2.24, 2.45) is 5.92 Å². The van der Waals surface area contributed by atoms with Crippen molar-refractivity contribution in [1.29, 1.82) is 0 Å². The molecule has 0 bridgehead atoms. The molecule has 1 aromatic carbocycles. The van der Waals surface area contributed by atoms with Crippen LogP contribution in [0.5, 0.6) is 0 Å². The van der Waals surface area contributed by atoms with Crippen LogP contribution in [0.1, 0.15) is 34.4 Å². The van der Waals surface area contributed by atoms with Crippen molar-refractivity contribution in [2.45, 2.75) is 43.5 Å². The molecule has 158 valence electrons. The zero-order valence-corrected chi connectivity index (χ0v) is 18.8. The minimum atomic E-state index is -0.467. The number of carbonyl (C=O) groups is 1. The lowest BCUT2D eigenvalue weighted by atomic mass is 10.1. The van der Waals surface area contributed by atoms with Gasteiger partial charge in [-0.15, -0.1) is 11.3 Å². The third kappa shape index (κ3) is 5.45. The number of aromatic nitrogens is 3. The van der Waals surface area contributed by atoms with E-state index in [1.165, 1.54) is 29.2 Å². The van der Waals surface area contributed by atoms with E-state index in [0.717, 1.165) is 21.4 Å². The molecule has 0 aliphatic carbocycles. The number of rotatable bonds is 8. The third-order valence-electron chi connectivity index (χ3n) is 4.41. The lowest BCUT2D eigenvalue weighted by Crippen LogP contribution is -2.30. The Kier molecular flexibility index (Phi) is 6.88. The molecule has 0 radical (unpaired) electrons. The van der Waals surface area contributed by atoms with Crippen molar-refractivity contribution in [3.8, 4) is 0 Å². The number of nitrogens with zero attached hydrogens (tertiary/aromatic N) is 4. The summed E-state index contributed by atoms with van der Waals surface area (Å²) in [7, 11) is 0. The zero-order chi connectivity index (χ0) is 21.8. The highest BCUT2D eigenvalue weighted by molar-refractivity contribution is 8.01. The number of nitro benzene ring substituents is 1. The van der Waals surface area contributed by atoms with E-state index in [9.17, 15) is 14.9 Å². The molecule has 10 heteroatoms. The van der Waals surface area contributed by atoms with E-state index >= 15 is 0 Å². The van der Waals surface area contributed by atoms with Gasteiger partial charge in [-0.3, -0.25) is 19.6 Å². The maximum Gasteiger partial charge on any atom is 0.284 e. The Morgan fingerprint density at radius 3 is 2.67 bits per heavy atom. The monoisotopic (exact) mass is 445 g/mol. The average molecular weight is 446 g/mol. The fraction of sp³-hybridized carbons (Fsp3) is 0.350. The number of hydrogen-bond donors (Lipinski definition) is 1. The van der Waals surface area contributed by atoms with Gasteiger partial charge in [-0.2, -0.15) is 5.10 Å². The standard InChI is InChI=1S/C20H23N5O3S2/c1-12(10-24-15(4)7-13(2)23-24)9-21-19(26)16-5-6-18(17(8-16)25(27)28)30-20-22-14(3)11-29-20/h5-8,11-12H,9-10H2,1-4H3,(H,21,26). The fourth-order valence-corrected chi connectivity index (χ4v) is 4.83. The topological polar surface area (TPSA) is 103 Å². The second-order valence-corrected chi connectivity index (χ2v) is 9.37. The average Bonchev–Trinajstić information content (AvgIpc) is 3.23. The summed E-state index contributed by atoms with van der Waals surface area (Å²) in [4.78, 5) is 28.4. The first-order valence-corrected chi connectivity index (χ1v) is 11.1. The van der Waals surface area contributed by atoms with Crippen molar-refractivity contribution < 1.29 is 9.72 Å². The molecule has 0 aliphatic heterocycles. The molecule has 1 atom stereocenters. The molecule has 1 N–H and O–H groups in total. The molecule has 1 unspecified atom stereocenters. The van der Waals surface area contributed by atoms with E-state index in [-0.39, 0.29) is 23.1 Å². The Morgan fingerprint density at radius 2 is 2.07 bits per heavy atom. The van der Waals surface area contributed by atoms with Crippen LogP contribution in [0.15, 0.2) is 38.9 Å². The molecule has 8 nitrogen and oxygen atoms in total. The van der Waals surface area contributed by atoms with Gasteiger partial charge in [0.1, 0.15) is 0 Å². The van der Waals surface area contributed by atoms with Gasteiger partial charge in [0.05, 0.1) is 15.5 Å². The molecule has 3 aromatic rings. The fourth-order valence-electron chi connectivity index (χ4n) is 2.95. The second-order valence-electron chi connectivity index (χ2n) is 7.22. The quantitative estimate of drug-likeness (QED) is 0.407. The molecule has 0 spiro atoms. The van der Waals surface area contributed by atoms with Gasteiger partial charge in [-0.25, -0.2) is 4.98 Å². The maximum atomic E-state index is 12.5. The Bertz CT molecular complexity index is 1080. The molecule has 1 amide bonds. The van der Waals surface area contributed by atoms with Crippen LogP contribution in [0.25, 0.3) is 0 Å². The summed E-state index contributed by atoms with van der Waals surface area (Å²) in [5.74, 6) is -0.176. The highest BCUT2D eigenvalue weighted by atomic mass is 32.2. The van der Waals surface area contributed by atoms with Crippen molar-refractivity contribution in [3.05, 3.63) is 62.4 Å². The number of benzene rings is 1. The first-order chi connectivity index (χ1) is 14.2. The van der Waals surface area contributed by atoms with Crippen LogP contribution >= 0.6 is 23.1 Å². The Hall–Kier alpha value is -2.72. The van der Waals surface area contributed by atoms with Gasteiger partial charge in [0.25, 0.3) is 11.6 Å². The molecule has 30 heavy (non-hydrogen) atoms. The summed E-state index contributed by atoms with van der Waals surface area (Å²) in [6.07, 6.45) is 0. The zero-order valence-electron chi connectivity index (χ0n) is 17.2. The van der Waals surface area contributed by atoms with Crippen LogP contribution in [0.2, 0.25) is 0 Å². The highest BCUT2D eigenvalue weighted by Crippen LogP contribution is 2.36. The van der Waals surface area contributed by atoms with E-state index in [1.54, 1.807) is 12.1 Å². The lowest BCUT2D eigenvalue weighted by molar-refractivity contribution is -0.387. The van der Waals surface area contributed by atoms with Crippen LogP contribution in [-0.2, 0) is 6.54 Å². The van der Waals surface area contributed by atoms with E-state index in [0.29, 0.717) is 18.0 Å². The molecule has 0 aliphatic rings. The Labute approximate surface area is 182 Å². The molecule has 2 heterocycles. The molecular weight excluding hydrogens is 422 g/mol. The van der Waals surface area contributed by atoms with Crippen LogP contribution < -0.4 is 5.32 Å². The summed E-state index contributed by atoms with van der Waals surface area (Å²) in [5.41, 5.74) is 3.07. The summed E-state index contributed by atoms with van der Waals surface area (Å²) >= 11 is 2.66. The largest absolute Gasteiger partial charge is 0.352 e. The Morgan fingerprint density at radius 1 is 1.30 bits per heavy atom. The summed E-state index contributed by atoms with van der Waals surface area (Å²) < 4.78 is 2.65. The molecule has 2 aromatic heterocycles. The van der Waals surface area contributed by atoms with Crippen LogP contribution in [0.4, 0.5) is 5.69 Å². The van der Waals surface area contributed by atoms with Crippen LogP contribution in [0.3, 0.4) is 0 Å². The highest BCUT2D eigenvalue weighted by Gasteiger charge is 2.20. The first-order valence-electron chi connectivity index (χ1n) is 9.40.